The van der Waals surface area contributed by atoms with E-state index in [2.05, 4.69) is 29.3 Å². The van der Waals surface area contributed by atoms with Crippen LogP contribution >= 0.6 is 0 Å². The minimum absolute atomic E-state index is 0.124. The smallest absolute Gasteiger partial charge is 0.0681 e. The van der Waals surface area contributed by atoms with Crippen LogP contribution in [-0.2, 0) is 6.61 Å². The molecule has 21 heavy (non-hydrogen) atoms. The molecule has 2 atom stereocenters. The van der Waals surface area contributed by atoms with Gasteiger partial charge in [0.25, 0.3) is 0 Å². The van der Waals surface area contributed by atoms with Crippen LogP contribution in [0.15, 0.2) is 24.3 Å². The Bertz CT molecular complexity index is 456. The Labute approximate surface area is 128 Å². The quantitative estimate of drug-likeness (QED) is 0.874. The summed E-state index contributed by atoms with van der Waals surface area (Å²) in [5, 5.41) is 13.0. The highest BCUT2D eigenvalue weighted by Crippen LogP contribution is 2.27. The molecule has 1 saturated heterocycles. The number of rotatable bonds is 5. The molecule has 2 N–H and O–H groups in total. The van der Waals surface area contributed by atoms with Gasteiger partial charge in [0, 0.05) is 31.2 Å². The summed E-state index contributed by atoms with van der Waals surface area (Å²) in [6.45, 7) is 4.81. The third kappa shape index (κ3) is 3.65. The molecule has 2 fully saturated rings. The van der Waals surface area contributed by atoms with Crippen molar-refractivity contribution in [2.24, 2.45) is 0 Å². The molecule has 3 heteroatoms. The molecule has 0 radical (unpaired) electrons. The van der Waals surface area contributed by atoms with Crippen molar-refractivity contribution in [2.45, 2.75) is 63.8 Å². The third-order valence-electron chi connectivity index (χ3n) is 5.18. The minimum Gasteiger partial charge on any atom is -0.392 e. The Kier molecular flexibility index (Phi) is 4.94. The van der Waals surface area contributed by atoms with Gasteiger partial charge in [-0.05, 0) is 37.3 Å². The molecule has 1 aliphatic heterocycles. The van der Waals surface area contributed by atoms with Gasteiger partial charge in [-0.15, -0.1) is 0 Å². The second kappa shape index (κ2) is 6.91. The SMILES string of the molecule is CC(NC1CCN(C2CCCC2)C1)c1cccc(CO)c1. The number of hydrogen-bond donors (Lipinski definition) is 2. The zero-order valence-electron chi connectivity index (χ0n) is 13.1. The van der Waals surface area contributed by atoms with Gasteiger partial charge < -0.3 is 10.4 Å². The van der Waals surface area contributed by atoms with Crippen molar-refractivity contribution in [1.29, 1.82) is 0 Å². The molecule has 1 aromatic rings. The van der Waals surface area contributed by atoms with Gasteiger partial charge in [-0.3, -0.25) is 4.90 Å². The van der Waals surface area contributed by atoms with Gasteiger partial charge >= 0.3 is 0 Å². The Balaban J connectivity index is 1.54. The molecule has 0 spiro atoms. The van der Waals surface area contributed by atoms with Gasteiger partial charge in [-0.2, -0.15) is 0 Å². The van der Waals surface area contributed by atoms with Crippen LogP contribution in [-0.4, -0.2) is 35.2 Å². The number of nitrogens with one attached hydrogen (secondary N) is 1. The standard InChI is InChI=1S/C18H28N2O/c1-14(16-6-4-5-15(11-16)13-21)19-17-9-10-20(12-17)18-7-2-3-8-18/h4-6,11,14,17-19,21H,2-3,7-10,12-13H2,1H3. The summed E-state index contributed by atoms with van der Waals surface area (Å²) >= 11 is 0. The van der Waals surface area contributed by atoms with E-state index in [0.717, 1.165) is 11.6 Å². The molecule has 116 valence electrons. The van der Waals surface area contributed by atoms with Crippen LogP contribution in [0.2, 0.25) is 0 Å². The zero-order chi connectivity index (χ0) is 14.7. The maximum Gasteiger partial charge on any atom is 0.0681 e. The maximum atomic E-state index is 9.26. The summed E-state index contributed by atoms with van der Waals surface area (Å²) in [5.41, 5.74) is 2.28. The first-order valence-electron chi connectivity index (χ1n) is 8.46. The van der Waals surface area contributed by atoms with E-state index in [-0.39, 0.29) is 6.61 Å². The number of aliphatic hydroxyl groups excluding tert-OH is 1. The lowest BCUT2D eigenvalue weighted by Gasteiger charge is -2.25. The van der Waals surface area contributed by atoms with Crippen molar-refractivity contribution in [1.82, 2.24) is 10.2 Å². The molecule has 1 aromatic carbocycles. The number of likely N-dealkylation sites (tertiary alicyclic amines) is 1. The molecule has 2 unspecified atom stereocenters. The normalized spacial score (nSPS) is 25.5. The Morgan fingerprint density at radius 2 is 2.10 bits per heavy atom. The van der Waals surface area contributed by atoms with Gasteiger partial charge in [0.2, 0.25) is 0 Å². The molecule has 3 rings (SSSR count). The van der Waals surface area contributed by atoms with E-state index in [1.165, 1.54) is 50.8 Å². The van der Waals surface area contributed by atoms with Crippen molar-refractivity contribution in [3.63, 3.8) is 0 Å². The van der Waals surface area contributed by atoms with Crippen LogP contribution in [0, 0.1) is 0 Å². The summed E-state index contributed by atoms with van der Waals surface area (Å²) in [4.78, 5) is 2.70. The monoisotopic (exact) mass is 288 g/mol. The lowest BCUT2D eigenvalue weighted by Crippen LogP contribution is -2.37. The van der Waals surface area contributed by atoms with Crippen molar-refractivity contribution < 1.29 is 5.11 Å². The van der Waals surface area contributed by atoms with Gasteiger partial charge in [0.1, 0.15) is 0 Å². The first kappa shape index (κ1) is 15.0. The number of benzene rings is 1. The average Bonchev–Trinajstić information content (AvgIpc) is 3.18. The predicted molar refractivity (Wildman–Crippen MR) is 86.1 cm³/mol. The van der Waals surface area contributed by atoms with E-state index >= 15 is 0 Å². The van der Waals surface area contributed by atoms with Crippen molar-refractivity contribution in [2.75, 3.05) is 13.1 Å². The minimum atomic E-state index is 0.124. The van der Waals surface area contributed by atoms with Crippen LogP contribution in [0.3, 0.4) is 0 Å². The molecule has 3 nitrogen and oxygen atoms in total. The first-order chi connectivity index (χ1) is 10.3. The molecule has 0 amide bonds. The highest BCUT2D eigenvalue weighted by molar-refractivity contribution is 5.25. The summed E-state index contributed by atoms with van der Waals surface area (Å²) in [7, 11) is 0. The fraction of sp³-hybridized carbons (Fsp3) is 0.667. The van der Waals surface area contributed by atoms with Crippen LogP contribution < -0.4 is 5.32 Å². The second-order valence-corrected chi connectivity index (χ2v) is 6.71. The Hall–Kier alpha value is -0.900. The fourth-order valence-corrected chi connectivity index (χ4v) is 3.93. The molecule has 0 bridgehead atoms. The van der Waals surface area contributed by atoms with Gasteiger partial charge in [-0.25, -0.2) is 0 Å². The Morgan fingerprint density at radius 1 is 1.29 bits per heavy atom. The van der Waals surface area contributed by atoms with E-state index < -0.39 is 0 Å². The topological polar surface area (TPSA) is 35.5 Å². The highest BCUT2D eigenvalue weighted by Gasteiger charge is 2.30. The van der Waals surface area contributed by atoms with Crippen LogP contribution in [0.4, 0.5) is 0 Å². The summed E-state index contributed by atoms with van der Waals surface area (Å²) in [6.07, 6.45) is 6.91. The number of nitrogens with zero attached hydrogens (tertiary/aromatic N) is 1. The molecule has 2 aliphatic rings. The summed E-state index contributed by atoms with van der Waals surface area (Å²) in [6, 6.07) is 10.1. The highest BCUT2D eigenvalue weighted by atomic mass is 16.3. The van der Waals surface area contributed by atoms with E-state index in [1.54, 1.807) is 0 Å². The molecular formula is C18H28N2O. The van der Waals surface area contributed by atoms with Crippen molar-refractivity contribution in [3.05, 3.63) is 35.4 Å². The number of aliphatic hydroxyl groups is 1. The molecule has 0 aromatic heterocycles. The number of hydrogen-bond acceptors (Lipinski definition) is 3. The molecule has 1 heterocycles. The van der Waals surface area contributed by atoms with Crippen LogP contribution in [0.1, 0.15) is 56.2 Å². The predicted octanol–water partition coefficient (Wildman–Crippen LogP) is 2.85. The lowest BCUT2D eigenvalue weighted by molar-refractivity contribution is 0.238. The summed E-state index contributed by atoms with van der Waals surface area (Å²) < 4.78 is 0. The van der Waals surface area contributed by atoms with Crippen molar-refractivity contribution >= 4 is 0 Å². The van der Waals surface area contributed by atoms with E-state index in [4.69, 9.17) is 0 Å². The van der Waals surface area contributed by atoms with Gasteiger partial charge in [0.15, 0.2) is 0 Å². The maximum absolute atomic E-state index is 9.26. The van der Waals surface area contributed by atoms with Gasteiger partial charge in [0.05, 0.1) is 6.61 Å². The molecule has 1 aliphatic carbocycles. The zero-order valence-corrected chi connectivity index (χ0v) is 13.1. The van der Waals surface area contributed by atoms with Gasteiger partial charge in [-0.1, -0.05) is 37.1 Å². The first-order valence-corrected chi connectivity index (χ1v) is 8.46. The summed E-state index contributed by atoms with van der Waals surface area (Å²) in [5.74, 6) is 0. The molecular weight excluding hydrogens is 260 g/mol. The second-order valence-electron chi connectivity index (χ2n) is 6.71. The average molecular weight is 288 g/mol. The largest absolute Gasteiger partial charge is 0.392 e. The Morgan fingerprint density at radius 3 is 2.86 bits per heavy atom. The third-order valence-corrected chi connectivity index (χ3v) is 5.18. The lowest BCUT2D eigenvalue weighted by atomic mass is 10.0. The molecule has 1 saturated carbocycles. The van der Waals surface area contributed by atoms with E-state index in [1.807, 2.05) is 12.1 Å². The van der Waals surface area contributed by atoms with Crippen LogP contribution in [0.25, 0.3) is 0 Å². The van der Waals surface area contributed by atoms with Crippen LogP contribution in [0.5, 0.6) is 0 Å². The fourth-order valence-electron chi connectivity index (χ4n) is 3.93. The van der Waals surface area contributed by atoms with E-state index in [9.17, 15) is 5.11 Å². The van der Waals surface area contributed by atoms with E-state index in [0.29, 0.717) is 12.1 Å². The van der Waals surface area contributed by atoms with Crippen molar-refractivity contribution in [3.8, 4) is 0 Å².